The predicted molar refractivity (Wildman–Crippen MR) is 338 cm³/mol. The number of hydrogen-bond donors (Lipinski definition) is 0. The van der Waals surface area contributed by atoms with Gasteiger partial charge in [-0.1, -0.05) is 293 Å². The van der Waals surface area contributed by atoms with E-state index in [0.717, 1.165) is 0 Å². The van der Waals surface area contributed by atoms with Gasteiger partial charge in [-0.05, 0) is 166 Å². The zero-order valence-electron chi connectivity index (χ0n) is 44.2. The molecule has 0 unspecified atom stereocenters. The highest BCUT2D eigenvalue weighted by Gasteiger charge is 2.36. The highest BCUT2D eigenvalue weighted by Crippen LogP contribution is 2.52. The van der Waals surface area contributed by atoms with Crippen molar-refractivity contribution < 1.29 is 0 Å². The fraction of sp³-hybridized carbons (Fsp3) is 0.0380. The van der Waals surface area contributed by atoms with Crippen molar-refractivity contribution in [2.24, 2.45) is 0 Å². The van der Waals surface area contributed by atoms with Gasteiger partial charge in [-0.3, -0.25) is 0 Å². The lowest BCUT2D eigenvalue weighted by Crippen LogP contribution is -2.15. The Kier molecular flexibility index (Phi) is 11.0. The Bertz CT molecular complexity index is 4280. The molecule has 0 heteroatoms. The van der Waals surface area contributed by atoms with Crippen molar-refractivity contribution in [1.82, 2.24) is 0 Å². The lowest BCUT2D eigenvalue weighted by molar-refractivity contribution is 0.661. The molecule has 0 aromatic heterocycles. The molecule has 1 aliphatic carbocycles. The van der Waals surface area contributed by atoms with E-state index < -0.39 is 0 Å². The van der Waals surface area contributed by atoms with E-state index in [1.165, 1.54) is 154 Å². The predicted octanol–water partition coefficient (Wildman–Crippen LogP) is 21.9. The van der Waals surface area contributed by atoms with Crippen LogP contribution in [0.3, 0.4) is 0 Å². The average molecular weight is 1000 g/mol. The molecule has 0 spiro atoms. The first kappa shape index (κ1) is 46.4. The summed E-state index contributed by atoms with van der Waals surface area (Å²) in [4.78, 5) is 0. The van der Waals surface area contributed by atoms with Gasteiger partial charge < -0.3 is 0 Å². The molecule has 0 heterocycles. The van der Waals surface area contributed by atoms with Gasteiger partial charge in [0.1, 0.15) is 0 Å². The van der Waals surface area contributed by atoms with E-state index >= 15 is 0 Å². The maximum atomic E-state index is 2.45. The summed E-state index contributed by atoms with van der Waals surface area (Å²) >= 11 is 0. The van der Waals surface area contributed by atoms with Crippen molar-refractivity contribution in [2.45, 2.75) is 19.3 Å². The van der Waals surface area contributed by atoms with E-state index in [1.807, 2.05) is 0 Å². The third-order valence-corrected chi connectivity index (χ3v) is 17.1. The van der Waals surface area contributed by atoms with Crippen molar-refractivity contribution in [3.8, 4) is 100 Å². The summed E-state index contributed by atoms with van der Waals surface area (Å²) in [5.41, 5.74) is 25.0. The van der Waals surface area contributed by atoms with Gasteiger partial charge >= 0.3 is 0 Å². The number of fused-ring (bicyclic) bond motifs is 7. The Balaban J connectivity index is 0.753. The molecule has 0 amide bonds. The summed E-state index contributed by atoms with van der Waals surface area (Å²) < 4.78 is 0. The van der Waals surface area contributed by atoms with E-state index in [0.29, 0.717) is 0 Å². The maximum absolute atomic E-state index is 2.45. The molecule has 0 nitrogen and oxygen atoms in total. The Morgan fingerprint density at radius 1 is 0.177 bits per heavy atom. The minimum absolute atomic E-state index is 0.187. The molecule has 370 valence electrons. The maximum Gasteiger partial charge on any atom is 0.0159 e. The average Bonchev–Trinajstić information content (AvgIpc) is 3.97. The van der Waals surface area contributed by atoms with Crippen LogP contribution < -0.4 is 0 Å². The second kappa shape index (κ2) is 18.7. The van der Waals surface area contributed by atoms with E-state index in [9.17, 15) is 0 Å². The first-order valence-corrected chi connectivity index (χ1v) is 27.7. The Morgan fingerprint density at radius 3 is 0.759 bits per heavy atom. The molecule has 0 atom stereocenters. The second-order valence-electron chi connectivity index (χ2n) is 21.8. The van der Waals surface area contributed by atoms with Gasteiger partial charge in [0.25, 0.3) is 0 Å². The highest BCUT2D eigenvalue weighted by atomic mass is 14.4. The van der Waals surface area contributed by atoms with Crippen molar-refractivity contribution in [3.05, 3.63) is 302 Å². The zero-order chi connectivity index (χ0) is 52.6. The van der Waals surface area contributed by atoms with Crippen molar-refractivity contribution in [3.63, 3.8) is 0 Å². The quantitative estimate of drug-likeness (QED) is 0.133. The van der Waals surface area contributed by atoms with Crippen LogP contribution in [-0.2, 0) is 5.41 Å². The van der Waals surface area contributed by atoms with Gasteiger partial charge in [0.2, 0.25) is 0 Å². The molecule has 0 saturated heterocycles. The van der Waals surface area contributed by atoms with Crippen LogP contribution in [0.25, 0.3) is 143 Å². The first-order chi connectivity index (χ1) is 39.0. The van der Waals surface area contributed by atoms with Crippen molar-refractivity contribution in [1.29, 1.82) is 0 Å². The molecule has 0 N–H and O–H groups in total. The van der Waals surface area contributed by atoms with E-state index in [2.05, 4.69) is 305 Å². The van der Waals surface area contributed by atoms with Gasteiger partial charge in [-0.15, -0.1) is 0 Å². The zero-order valence-corrected chi connectivity index (χ0v) is 44.2. The third kappa shape index (κ3) is 7.59. The highest BCUT2D eigenvalue weighted by molar-refractivity contribution is 6.24. The second-order valence-corrected chi connectivity index (χ2v) is 21.8. The van der Waals surface area contributed by atoms with Crippen LogP contribution in [0.4, 0.5) is 0 Å². The summed E-state index contributed by atoms with van der Waals surface area (Å²) in [5, 5.41) is 10.1. The van der Waals surface area contributed by atoms with Crippen LogP contribution in [0.15, 0.2) is 291 Å². The minimum Gasteiger partial charge on any atom is -0.0622 e. The van der Waals surface area contributed by atoms with Gasteiger partial charge in [0.05, 0.1) is 0 Å². The molecule has 0 fully saturated rings. The Labute approximate surface area is 462 Å². The summed E-state index contributed by atoms with van der Waals surface area (Å²) in [6.07, 6.45) is 0. The van der Waals surface area contributed by atoms with Crippen LogP contribution in [0.5, 0.6) is 0 Å². The minimum atomic E-state index is -0.187. The van der Waals surface area contributed by atoms with Crippen LogP contribution in [-0.4, -0.2) is 0 Å². The van der Waals surface area contributed by atoms with Gasteiger partial charge in [0.15, 0.2) is 0 Å². The van der Waals surface area contributed by atoms with Crippen LogP contribution in [0, 0.1) is 0 Å². The van der Waals surface area contributed by atoms with Crippen LogP contribution >= 0.6 is 0 Å². The SMILES string of the molecule is CC1(C)c2cc(-c3ccc(-c4c5ccccc5c(-c5ccccc5-c5ccccc5)c5ccccc45)cc3)ccc2-c2ccc(-c3ccc(-c4c5ccccc5c(-c5ccccc5-c5ccccc5)c5ccccc45)cc3)cc21. The van der Waals surface area contributed by atoms with E-state index in [-0.39, 0.29) is 5.41 Å². The van der Waals surface area contributed by atoms with Crippen molar-refractivity contribution in [2.75, 3.05) is 0 Å². The fourth-order valence-electron chi connectivity index (χ4n) is 13.4. The topological polar surface area (TPSA) is 0 Å². The standard InChI is InChI=1S/C79H54/c1-79(2)73-49-57(51-37-41-55(42-38-51)75-65-29-13-17-33-69(65)77(70-34-18-14-30-66(70)75)63-27-11-9-25-59(63)53-21-5-3-6-22-53)45-47-61(73)62-48-46-58(50-74(62)79)52-39-43-56(44-40-52)76-67-31-15-19-35-71(67)78(72-36-20-16-32-68(72)76)64-28-12-10-26-60(64)54-23-7-4-8-24-54/h3-50H,1-2H3. The Hall–Kier alpha value is -9.88. The van der Waals surface area contributed by atoms with Crippen LogP contribution in [0.2, 0.25) is 0 Å². The summed E-state index contributed by atoms with van der Waals surface area (Å²) in [7, 11) is 0. The lowest BCUT2D eigenvalue weighted by atomic mass is 9.80. The molecule has 79 heavy (non-hydrogen) atoms. The van der Waals surface area contributed by atoms with Crippen LogP contribution in [0.1, 0.15) is 25.0 Å². The smallest absolute Gasteiger partial charge is 0.0159 e. The van der Waals surface area contributed by atoms with Crippen molar-refractivity contribution >= 4 is 43.1 Å². The number of hydrogen-bond acceptors (Lipinski definition) is 0. The third-order valence-electron chi connectivity index (χ3n) is 17.1. The summed E-state index contributed by atoms with van der Waals surface area (Å²) in [6, 6.07) is 108. The molecule has 0 radical (unpaired) electrons. The molecular weight excluding hydrogens is 949 g/mol. The summed E-state index contributed by atoms with van der Waals surface area (Å²) in [6.45, 7) is 4.79. The monoisotopic (exact) mass is 1000 g/mol. The lowest BCUT2D eigenvalue weighted by Gasteiger charge is -2.23. The van der Waals surface area contributed by atoms with Gasteiger partial charge in [-0.25, -0.2) is 0 Å². The normalized spacial score (nSPS) is 12.5. The molecule has 1 aliphatic rings. The molecule has 0 saturated carbocycles. The molecule has 14 aromatic rings. The number of rotatable bonds is 8. The first-order valence-electron chi connectivity index (χ1n) is 27.7. The molecule has 0 bridgehead atoms. The molecule has 0 aliphatic heterocycles. The summed E-state index contributed by atoms with van der Waals surface area (Å²) in [5.74, 6) is 0. The van der Waals surface area contributed by atoms with E-state index in [1.54, 1.807) is 0 Å². The fourth-order valence-corrected chi connectivity index (χ4v) is 13.4. The van der Waals surface area contributed by atoms with Gasteiger partial charge in [0, 0.05) is 5.41 Å². The molecule has 14 aromatic carbocycles. The Morgan fingerprint density at radius 2 is 0.430 bits per heavy atom. The number of benzene rings is 14. The molecular formula is C79H54. The molecule has 15 rings (SSSR count). The van der Waals surface area contributed by atoms with E-state index in [4.69, 9.17) is 0 Å². The van der Waals surface area contributed by atoms with Gasteiger partial charge in [-0.2, -0.15) is 0 Å². The largest absolute Gasteiger partial charge is 0.0622 e.